The normalized spacial score (nSPS) is 39.1. The zero-order valence-corrected chi connectivity index (χ0v) is 19.6. The summed E-state index contributed by atoms with van der Waals surface area (Å²) in [5.74, 6) is 4.74. The number of fused-ring (bicyclic) bond motifs is 4. The van der Waals surface area contributed by atoms with Gasteiger partial charge < -0.3 is 0 Å². The van der Waals surface area contributed by atoms with Crippen molar-refractivity contribution >= 4 is 0 Å². The Hall–Kier alpha value is -0.0800. The summed E-state index contributed by atoms with van der Waals surface area (Å²) < 4.78 is 0. The summed E-state index contributed by atoms with van der Waals surface area (Å²) in [4.78, 5) is 5.56. The van der Waals surface area contributed by atoms with Crippen molar-refractivity contribution in [3.8, 4) is 0 Å². The SMILES string of the molecule is CC(C)[C@@H]1[C@H]2CC[C@H](C2)CN1C(C)C.CC(C)[C@@H]1[C@H]2CC[C@H](C2)N1C(C)C. The Morgan fingerprint density at radius 3 is 1.74 bits per heavy atom. The minimum atomic E-state index is 0.741. The highest BCUT2D eigenvalue weighted by Gasteiger charge is 2.47. The van der Waals surface area contributed by atoms with E-state index in [2.05, 4.69) is 65.2 Å². The van der Waals surface area contributed by atoms with Crippen LogP contribution >= 0.6 is 0 Å². The van der Waals surface area contributed by atoms with Crippen molar-refractivity contribution in [3.05, 3.63) is 0 Å². The molecule has 2 saturated carbocycles. The lowest BCUT2D eigenvalue weighted by atomic mass is 9.83. The van der Waals surface area contributed by atoms with Crippen LogP contribution in [0.3, 0.4) is 0 Å². The molecule has 0 aromatic heterocycles. The second kappa shape index (κ2) is 8.74. The fourth-order valence-electron chi connectivity index (χ4n) is 7.48. The summed E-state index contributed by atoms with van der Waals surface area (Å²) in [6, 6.07) is 4.18. The maximum absolute atomic E-state index is 2.79. The second-order valence-electron chi connectivity index (χ2n) is 11.5. The molecule has 0 spiro atoms. The summed E-state index contributed by atoms with van der Waals surface area (Å²) in [6.07, 6.45) is 8.96. The summed E-state index contributed by atoms with van der Waals surface area (Å²) in [5.41, 5.74) is 0. The van der Waals surface area contributed by atoms with Crippen LogP contribution in [0.15, 0.2) is 0 Å². The molecule has 2 saturated heterocycles. The van der Waals surface area contributed by atoms with Crippen LogP contribution in [0, 0.1) is 29.6 Å². The van der Waals surface area contributed by atoms with Crippen molar-refractivity contribution in [2.45, 2.75) is 124 Å². The lowest BCUT2D eigenvalue weighted by Gasteiger charge is -2.45. The highest BCUT2D eigenvalue weighted by atomic mass is 15.3. The Balaban J connectivity index is 0.000000156. The summed E-state index contributed by atoms with van der Waals surface area (Å²) in [5, 5.41) is 0. The van der Waals surface area contributed by atoms with E-state index in [1.54, 1.807) is 0 Å². The van der Waals surface area contributed by atoms with Gasteiger partial charge in [-0.25, -0.2) is 0 Å². The van der Waals surface area contributed by atoms with Crippen LogP contribution in [-0.2, 0) is 0 Å². The predicted molar refractivity (Wildman–Crippen MR) is 118 cm³/mol. The summed E-state index contributed by atoms with van der Waals surface area (Å²) in [6.45, 7) is 20.4. The highest BCUT2D eigenvalue weighted by Crippen LogP contribution is 2.46. The molecule has 4 bridgehead atoms. The van der Waals surface area contributed by atoms with Crippen molar-refractivity contribution < 1.29 is 0 Å². The average molecular weight is 377 g/mol. The van der Waals surface area contributed by atoms with Crippen LogP contribution < -0.4 is 0 Å². The second-order valence-corrected chi connectivity index (χ2v) is 11.5. The molecule has 0 N–H and O–H groups in total. The molecule has 158 valence electrons. The van der Waals surface area contributed by atoms with Gasteiger partial charge in [-0.1, -0.05) is 27.7 Å². The molecule has 2 nitrogen and oxygen atoms in total. The minimum Gasteiger partial charge on any atom is -0.297 e. The van der Waals surface area contributed by atoms with Gasteiger partial charge in [-0.15, -0.1) is 0 Å². The monoisotopic (exact) mass is 376 g/mol. The zero-order chi connectivity index (χ0) is 19.9. The van der Waals surface area contributed by atoms with Crippen LogP contribution in [-0.4, -0.2) is 46.6 Å². The third kappa shape index (κ3) is 4.42. The molecule has 4 aliphatic rings. The molecule has 0 unspecified atom stereocenters. The Bertz CT molecular complexity index is 449. The molecule has 0 radical (unpaired) electrons. The maximum atomic E-state index is 2.79. The number of hydrogen-bond donors (Lipinski definition) is 0. The van der Waals surface area contributed by atoms with Crippen molar-refractivity contribution in [3.63, 3.8) is 0 Å². The van der Waals surface area contributed by atoms with E-state index in [0.29, 0.717) is 0 Å². The number of hydrogen-bond acceptors (Lipinski definition) is 2. The molecule has 0 aromatic carbocycles. The molecule has 2 heterocycles. The summed E-state index contributed by atoms with van der Waals surface area (Å²) in [7, 11) is 0. The maximum Gasteiger partial charge on any atom is 0.0153 e. The third-order valence-corrected chi connectivity index (χ3v) is 8.24. The molecule has 2 heteroatoms. The van der Waals surface area contributed by atoms with Crippen LogP contribution in [0.5, 0.6) is 0 Å². The molecular formula is C25H48N2. The van der Waals surface area contributed by atoms with Crippen LogP contribution in [0.25, 0.3) is 0 Å². The van der Waals surface area contributed by atoms with Gasteiger partial charge in [0.05, 0.1) is 0 Å². The van der Waals surface area contributed by atoms with Gasteiger partial charge in [-0.3, -0.25) is 9.80 Å². The van der Waals surface area contributed by atoms with Crippen molar-refractivity contribution in [1.82, 2.24) is 9.80 Å². The van der Waals surface area contributed by atoms with Gasteiger partial charge in [-0.2, -0.15) is 0 Å². The molecule has 4 fully saturated rings. The number of piperidine rings is 2. The van der Waals surface area contributed by atoms with E-state index in [-0.39, 0.29) is 0 Å². The van der Waals surface area contributed by atoms with Crippen LogP contribution in [0.4, 0.5) is 0 Å². The third-order valence-electron chi connectivity index (χ3n) is 8.24. The molecule has 2 aliphatic carbocycles. The van der Waals surface area contributed by atoms with Gasteiger partial charge in [0.15, 0.2) is 0 Å². The van der Waals surface area contributed by atoms with Crippen molar-refractivity contribution in [2.24, 2.45) is 29.6 Å². The van der Waals surface area contributed by atoms with Crippen molar-refractivity contribution in [2.75, 3.05) is 6.54 Å². The topological polar surface area (TPSA) is 6.48 Å². The van der Waals surface area contributed by atoms with Gasteiger partial charge >= 0.3 is 0 Å². The Kier molecular flexibility index (Phi) is 7.00. The summed E-state index contributed by atoms with van der Waals surface area (Å²) >= 11 is 0. The fourth-order valence-corrected chi connectivity index (χ4v) is 7.48. The van der Waals surface area contributed by atoms with Gasteiger partial charge in [0.1, 0.15) is 0 Å². The lowest BCUT2D eigenvalue weighted by molar-refractivity contribution is 0.0347. The number of rotatable bonds is 4. The first-order valence-corrected chi connectivity index (χ1v) is 12.2. The molecular weight excluding hydrogens is 328 g/mol. The average Bonchev–Trinajstić information content (AvgIpc) is 3.29. The van der Waals surface area contributed by atoms with E-state index in [4.69, 9.17) is 0 Å². The largest absolute Gasteiger partial charge is 0.297 e. The van der Waals surface area contributed by atoms with E-state index in [0.717, 1.165) is 59.8 Å². The van der Waals surface area contributed by atoms with Gasteiger partial charge in [0.25, 0.3) is 0 Å². The Labute approximate surface area is 170 Å². The van der Waals surface area contributed by atoms with Crippen molar-refractivity contribution in [1.29, 1.82) is 0 Å². The molecule has 27 heavy (non-hydrogen) atoms. The standard InChI is InChI=1S/C13H25N.C12H23N/c1-9(2)13-12-6-5-11(7-12)8-14(13)10(3)4;1-8(2)12-10-5-6-11(7-10)13(12)9(3)4/h9-13H,5-8H2,1-4H3;8-12H,5-7H2,1-4H3/t11-,12+,13-;10-,11+,12+/m10/s1. The van der Waals surface area contributed by atoms with E-state index < -0.39 is 0 Å². The number of nitrogens with zero attached hydrogens (tertiary/aromatic N) is 2. The minimum absolute atomic E-state index is 0.741. The smallest absolute Gasteiger partial charge is 0.0153 e. The van der Waals surface area contributed by atoms with Crippen LogP contribution in [0.2, 0.25) is 0 Å². The predicted octanol–water partition coefficient (Wildman–Crippen LogP) is 6.06. The van der Waals surface area contributed by atoms with Gasteiger partial charge in [0.2, 0.25) is 0 Å². The molecule has 4 rings (SSSR count). The van der Waals surface area contributed by atoms with Crippen LogP contribution in [0.1, 0.15) is 93.9 Å². The van der Waals surface area contributed by atoms with E-state index in [9.17, 15) is 0 Å². The quantitative estimate of drug-likeness (QED) is 0.589. The first-order valence-electron chi connectivity index (χ1n) is 12.2. The lowest BCUT2D eigenvalue weighted by Crippen LogP contribution is -2.51. The highest BCUT2D eigenvalue weighted by molar-refractivity contribution is 5.01. The molecule has 2 aliphatic heterocycles. The molecule has 6 atom stereocenters. The first kappa shape index (κ1) is 21.6. The first-order chi connectivity index (χ1) is 12.7. The van der Waals surface area contributed by atoms with E-state index in [1.165, 1.54) is 45.1 Å². The fraction of sp³-hybridized carbons (Fsp3) is 1.00. The van der Waals surface area contributed by atoms with Gasteiger partial charge in [-0.05, 0) is 95.8 Å². The number of likely N-dealkylation sites (tertiary alicyclic amines) is 2. The molecule has 0 aromatic rings. The van der Waals surface area contributed by atoms with E-state index >= 15 is 0 Å². The van der Waals surface area contributed by atoms with E-state index in [1.807, 2.05) is 0 Å². The van der Waals surface area contributed by atoms with Gasteiger partial charge in [0, 0.05) is 36.8 Å². The molecule has 0 amide bonds. The Morgan fingerprint density at radius 2 is 1.22 bits per heavy atom. The zero-order valence-electron chi connectivity index (χ0n) is 19.6. The Morgan fingerprint density at radius 1 is 0.630 bits per heavy atom.